The number of nitrogens with zero attached hydrogens (tertiary/aromatic N) is 1. The summed E-state index contributed by atoms with van der Waals surface area (Å²) in [5.41, 5.74) is 3.88. The second-order valence-corrected chi connectivity index (χ2v) is 9.99. The van der Waals surface area contributed by atoms with Crippen molar-refractivity contribution < 1.29 is 18.2 Å². The maximum atomic E-state index is 13.7. The molecule has 0 saturated heterocycles. The van der Waals surface area contributed by atoms with Gasteiger partial charge in [-0.3, -0.25) is 9.59 Å². The summed E-state index contributed by atoms with van der Waals surface area (Å²) in [6.45, 7) is 2.47. The van der Waals surface area contributed by atoms with Crippen LogP contribution in [0.1, 0.15) is 37.4 Å². The average molecular weight is 499 g/mol. The molecule has 0 aliphatic carbocycles. The molecule has 1 atom stereocenters. The standard InChI is InChI=1S/C29H23FN2O3S/c1-19-6-2-3-7-22(19)18-32-25-16-21(28(33)31-17-20-10-13-23(30)14-11-20)12-15-27(25)36(35)26-9-5-4-8-24(26)29(32)34/h2-16H,17-18H2,1H3,(H,31,33)/t36-/m1/s1. The first-order valence-electron chi connectivity index (χ1n) is 11.5. The van der Waals surface area contributed by atoms with Crippen LogP contribution in [0.15, 0.2) is 101 Å². The molecule has 5 rings (SSSR count). The SMILES string of the molecule is Cc1ccccc1CN1C(=O)c2ccccc2[S@@](=O)c2ccc(C(=O)NCc3ccc(F)cc3)cc21. The van der Waals surface area contributed by atoms with Gasteiger partial charge in [-0.15, -0.1) is 0 Å². The average Bonchev–Trinajstić information content (AvgIpc) is 2.98. The number of rotatable bonds is 5. The summed E-state index contributed by atoms with van der Waals surface area (Å²) in [6.07, 6.45) is 0. The summed E-state index contributed by atoms with van der Waals surface area (Å²) in [5.74, 6) is -0.967. The zero-order chi connectivity index (χ0) is 25.2. The maximum absolute atomic E-state index is 13.7. The van der Waals surface area contributed by atoms with E-state index in [1.54, 1.807) is 59.5 Å². The Morgan fingerprint density at radius 2 is 1.64 bits per heavy atom. The van der Waals surface area contributed by atoms with Gasteiger partial charge in [0.1, 0.15) is 5.82 Å². The van der Waals surface area contributed by atoms with Gasteiger partial charge in [0.25, 0.3) is 11.8 Å². The Morgan fingerprint density at radius 3 is 2.42 bits per heavy atom. The van der Waals surface area contributed by atoms with Crippen molar-refractivity contribution in [1.29, 1.82) is 0 Å². The van der Waals surface area contributed by atoms with E-state index in [2.05, 4.69) is 5.32 Å². The zero-order valence-electron chi connectivity index (χ0n) is 19.5. The van der Waals surface area contributed by atoms with E-state index >= 15 is 0 Å². The van der Waals surface area contributed by atoms with Crippen LogP contribution in [0.4, 0.5) is 10.1 Å². The van der Waals surface area contributed by atoms with E-state index in [9.17, 15) is 18.2 Å². The number of hydrogen-bond donors (Lipinski definition) is 1. The van der Waals surface area contributed by atoms with E-state index in [-0.39, 0.29) is 30.7 Å². The summed E-state index contributed by atoms with van der Waals surface area (Å²) < 4.78 is 26.7. The Hall–Kier alpha value is -4.10. The molecule has 1 aliphatic heterocycles. The van der Waals surface area contributed by atoms with Crippen molar-refractivity contribution in [2.45, 2.75) is 29.8 Å². The van der Waals surface area contributed by atoms with Gasteiger partial charge in [-0.1, -0.05) is 48.5 Å². The van der Waals surface area contributed by atoms with Crippen LogP contribution >= 0.6 is 0 Å². The molecular weight excluding hydrogens is 475 g/mol. The fourth-order valence-corrected chi connectivity index (χ4v) is 5.55. The molecule has 0 spiro atoms. The molecule has 36 heavy (non-hydrogen) atoms. The molecule has 0 fully saturated rings. The highest BCUT2D eigenvalue weighted by Gasteiger charge is 2.31. The van der Waals surface area contributed by atoms with Crippen molar-refractivity contribution in [2.24, 2.45) is 0 Å². The molecule has 0 radical (unpaired) electrons. The molecule has 1 heterocycles. The van der Waals surface area contributed by atoms with Crippen LogP contribution in [0.3, 0.4) is 0 Å². The van der Waals surface area contributed by atoms with Crippen molar-refractivity contribution in [1.82, 2.24) is 5.32 Å². The molecule has 5 nitrogen and oxygen atoms in total. The highest BCUT2D eigenvalue weighted by atomic mass is 32.2. The number of fused-ring (bicyclic) bond motifs is 2. The summed E-state index contributed by atoms with van der Waals surface area (Å²) in [6, 6.07) is 25.5. The second-order valence-electron chi connectivity index (χ2n) is 8.57. The van der Waals surface area contributed by atoms with Crippen LogP contribution in [0.25, 0.3) is 0 Å². The third-order valence-corrected chi connectivity index (χ3v) is 7.73. The number of carbonyl (C=O) groups is 2. The van der Waals surface area contributed by atoms with Crippen molar-refractivity contribution >= 4 is 28.3 Å². The number of aryl methyl sites for hydroxylation is 1. The van der Waals surface area contributed by atoms with E-state index in [0.29, 0.717) is 26.6 Å². The maximum Gasteiger partial charge on any atom is 0.259 e. The molecule has 0 aromatic heterocycles. The molecule has 180 valence electrons. The Labute approximate surface area is 211 Å². The summed E-state index contributed by atoms with van der Waals surface area (Å²) in [5, 5.41) is 2.83. The normalized spacial score (nSPS) is 14.6. The van der Waals surface area contributed by atoms with E-state index in [1.807, 2.05) is 31.2 Å². The topological polar surface area (TPSA) is 66.5 Å². The summed E-state index contributed by atoms with van der Waals surface area (Å²) in [7, 11) is -1.60. The van der Waals surface area contributed by atoms with Gasteiger partial charge in [0.2, 0.25) is 0 Å². The monoisotopic (exact) mass is 498 g/mol. The van der Waals surface area contributed by atoms with E-state index < -0.39 is 10.8 Å². The molecule has 1 aliphatic rings. The number of carbonyl (C=O) groups excluding carboxylic acids is 2. The predicted octanol–water partition coefficient (Wildman–Crippen LogP) is 5.39. The molecule has 4 aromatic rings. The second kappa shape index (κ2) is 9.87. The Morgan fingerprint density at radius 1 is 0.917 bits per heavy atom. The molecule has 0 unspecified atom stereocenters. The minimum absolute atomic E-state index is 0.222. The molecule has 7 heteroatoms. The van der Waals surface area contributed by atoms with Crippen LogP contribution in [0, 0.1) is 12.7 Å². The lowest BCUT2D eigenvalue weighted by molar-refractivity contribution is 0.0947. The largest absolute Gasteiger partial charge is 0.348 e. The summed E-state index contributed by atoms with van der Waals surface area (Å²) >= 11 is 0. The number of hydrogen-bond acceptors (Lipinski definition) is 3. The van der Waals surface area contributed by atoms with Gasteiger partial charge in [-0.05, 0) is 66.1 Å². The lowest BCUT2D eigenvalue weighted by atomic mass is 10.1. The highest BCUT2D eigenvalue weighted by Crippen LogP contribution is 2.36. The Bertz CT molecular complexity index is 1500. The predicted molar refractivity (Wildman–Crippen MR) is 137 cm³/mol. The van der Waals surface area contributed by atoms with Gasteiger partial charge >= 0.3 is 0 Å². The van der Waals surface area contributed by atoms with Gasteiger partial charge < -0.3 is 10.2 Å². The first-order valence-corrected chi connectivity index (χ1v) is 12.6. The first-order chi connectivity index (χ1) is 17.4. The fraction of sp³-hybridized carbons (Fsp3) is 0.103. The number of nitrogens with one attached hydrogen (secondary N) is 1. The number of anilines is 1. The Kier molecular flexibility index (Phi) is 6.48. The number of amides is 2. The first kappa shape index (κ1) is 23.6. The lowest BCUT2D eigenvalue weighted by Crippen LogP contribution is -2.31. The number of halogens is 1. The zero-order valence-corrected chi connectivity index (χ0v) is 20.3. The van der Waals surface area contributed by atoms with Gasteiger partial charge in [0.15, 0.2) is 0 Å². The van der Waals surface area contributed by atoms with Crippen LogP contribution in [0.2, 0.25) is 0 Å². The molecule has 2 amide bonds. The van der Waals surface area contributed by atoms with Crippen molar-refractivity contribution in [2.75, 3.05) is 4.90 Å². The van der Waals surface area contributed by atoms with E-state index in [0.717, 1.165) is 16.7 Å². The Balaban J connectivity index is 1.54. The van der Waals surface area contributed by atoms with Crippen molar-refractivity contribution in [3.63, 3.8) is 0 Å². The van der Waals surface area contributed by atoms with Crippen LogP contribution in [-0.4, -0.2) is 16.0 Å². The van der Waals surface area contributed by atoms with E-state index in [1.165, 1.54) is 12.1 Å². The third kappa shape index (κ3) is 4.57. The molecule has 0 bridgehead atoms. The highest BCUT2D eigenvalue weighted by molar-refractivity contribution is 7.85. The quantitative estimate of drug-likeness (QED) is 0.401. The van der Waals surface area contributed by atoms with Gasteiger partial charge in [-0.25, -0.2) is 8.60 Å². The summed E-state index contributed by atoms with van der Waals surface area (Å²) in [4.78, 5) is 29.2. The molecule has 4 aromatic carbocycles. The smallest absolute Gasteiger partial charge is 0.259 e. The number of benzene rings is 4. The van der Waals surface area contributed by atoms with Gasteiger partial charge in [-0.2, -0.15) is 0 Å². The van der Waals surface area contributed by atoms with Crippen LogP contribution in [0.5, 0.6) is 0 Å². The van der Waals surface area contributed by atoms with Gasteiger partial charge in [0.05, 0.1) is 38.4 Å². The molecule has 0 saturated carbocycles. The fourth-order valence-electron chi connectivity index (χ4n) is 4.21. The van der Waals surface area contributed by atoms with Crippen LogP contribution < -0.4 is 10.2 Å². The lowest BCUT2D eigenvalue weighted by Gasteiger charge is -2.24. The third-order valence-electron chi connectivity index (χ3n) is 6.23. The molecular formula is C29H23FN2O3S. The van der Waals surface area contributed by atoms with E-state index in [4.69, 9.17) is 0 Å². The molecule has 1 N–H and O–H groups in total. The van der Waals surface area contributed by atoms with Gasteiger partial charge in [0, 0.05) is 12.1 Å². The van der Waals surface area contributed by atoms with Crippen LogP contribution in [-0.2, 0) is 23.9 Å². The van der Waals surface area contributed by atoms with Crippen molar-refractivity contribution in [3.8, 4) is 0 Å². The minimum Gasteiger partial charge on any atom is -0.348 e. The van der Waals surface area contributed by atoms with Crippen molar-refractivity contribution in [3.05, 3.63) is 125 Å². The minimum atomic E-state index is -1.60.